The molecule has 0 saturated heterocycles. The predicted molar refractivity (Wildman–Crippen MR) is 64.3 cm³/mol. The van der Waals surface area contributed by atoms with Crippen LogP contribution in [0.1, 0.15) is 24.6 Å². The van der Waals surface area contributed by atoms with E-state index in [1.54, 1.807) is 17.5 Å². The van der Waals surface area contributed by atoms with Crippen molar-refractivity contribution in [2.24, 2.45) is 5.16 Å². The molecule has 1 rings (SSSR count). The van der Waals surface area contributed by atoms with Crippen LogP contribution in [-0.2, 0) is 14.4 Å². The van der Waals surface area contributed by atoms with E-state index >= 15 is 0 Å². The number of carbonyl (C=O) groups is 2. The Morgan fingerprint density at radius 3 is 2.94 bits per heavy atom. The van der Waals surface area contributed by atoms with Crippen LogP contribution in [0.2, 0.25) is 0 Å². The van der Waals surface area contributed by atoms with Gasteiger partial charge >= 0.3 is 5.97 Å². The van der Waals surface area contributed by atoms with Crippen molar-refractivity contribution in [2.45, 2.75) is 25.9 Å². The summed E-state index contributed by atoms with van der Waals surface area (Å²) in [7, 11) is 0. The van der Waals surface area contributed by atoms with Crippen LogP contribution in [0.3, 0.4) is 0 Å². The molecule has 0 bridgehead atoms. The first-order chi connectivity index (χ1) is 8.19. The topological polar surface area (TPSA) is 76.0 Å². The van der Waals surface area contributed by atoms with Crippen LogP contribution in [0.4, 0.5) is 0 Å². The average Bonchev–Trinajstić information content (AvgIpc) is 2.82. The molecule has 0 aliphatic carbocycles. The lowest BCUT2D eigenvalue weighted by atomic mass is 10.2. The zero-order valence-corrected chi connectivity index (χ0v) is 10.1. The highest BCUT2D eigenvalue weighted by atomic mass is 32.1. The Balaban J connectivity index is 2.72. The van der Waals surface area contributed by atoms with E-state index in [4.69, 9.17) is 9.94 Å². The quantitative estimate of drug-likeness (QED) is 0.459. The van der Waals surface area contributed by atoms with Gasteiger partial charge in [-0.15, -0.1) is 11.3 Å². The van der Waals surface area contributed by atoms with Crippen LogP contribution >= 0.6 is 11.3 Å². The monoisotopic (exact) mass is 255 g/mol. The van der Waals surface area contributed by atoms with Crippen LogP contribution < -0.4 is 0 Å². The summed E-state index contributed by atoms with van der Waals surface area (Å²) in [5.74, 6) is -1.08. The summed E-state index contributed by atoms with van der Waals surface area (Å²) in [5.41, 5.74) is 0.113. The standard InChI is InChI=1S/C11H13NO4S/c1-2-4-9(11(14)15)16-12-8(7-13)10-5-3-6-17-10/h3,5-7,9H,2,4H2,1H3,(H,14,15)/b12-8-. The summed E-state index contributed by atoms with van der Waals surface area (Å²) in [6, 6.07) is 3.50. The molecule has 1 atom stereocenters. The van der Waals surface area contributed by atoms with E-state index in [0.29, 0.717) is 24.0 Å². The number of hydrogen-bond acceptors (Lipinski definition) is 5. The number of thiophene rings is 1. The van der Waals surface area contributed by atoms with Crippen LogP contribution in [0.15, 0.2) is 22.7 Å². The molecule has 0 amide bonds. The Bertz CT molecular complexity index is 400. The van der Waals surface area contributed by atoms with E-state index in [-0.39, 0.29) is 5.71 Å². The lowest BCUT2D eigenvalue weighted by Gasteiger charge is -2.08. The molecule has 0 aliphatic heterocycles. The maximum atomic E-state index is 10.8. The Morgan fingerprint density at radius 2 is 2.47 bits per heavy atom. The van der Waals surface area contributed by atoms with Crippen molar-refractivity contribution in [2.75, 3.05) is 0 Å². The molecular weight excluding hydrogens is 242 g/mol. The highest BCUT2D eigenvalue weighted by Gasteiger charge is 2.18. The van der Waals surface area contributed by atoms with Crippen molar-refractivity contribution in [3.8, 4) is 0 Å². The fourth-order valence-electron chi connectivity index (χ4n) is 1.15. The van der Waals surface area contributed by atoms with Crippen molar-refractivity contribution < 1.29 is 19.5 Å². The summed E-state index contributed by atoms with van der Waals surface area (Å²) in [6.07, 6.45) is 0.573. The summed E-state index contributed by atoms with van der Waals surface area (Å²) in [6.45, 7) is 1.85. The zero-order chi connectivity index (χ0) is 12.7. The molecule has 0 aliphatic rings. The minimum atomic E-state index is -1.08. The van der Waals surface area contributed by atoms with Crippen LogP contribution in [0, 0.1) is 0 Å². The predicted octanol–water partition coefficient (Wildman–Crippen LogP) is 1.92. The molecule has 1 N–H and O–H groups in total. The fraction of sp³-hybridized carbons (Fsp3) is 0.364. The van der Waals surface area contributed by atoms with Gasteiger partial charge < -0.3 is 9.94 Å². The maximum absolute atomic E-state index is 10.8. The number of oxime groups is 1. The third-order valence-corrected chi connectivity index (χ3v) is 2.88. The van der Waals surface area contributed by atoms with Gasteiger partial charge in [0.2, 0.25) is 6.10 Å². The smallest absolute Gasteiger partial charge is 0.347 e. The van der Waals surface area contributed by atoms with E-state index in [1.165, 1.54) is 11.3 Å². The highest BCUT2D eigenvalue weighted by molar-refractivity contribution is 7.12. The Labute approximate surface area is 103 Å². The minimum Gasteiger partial charge on any atom is -0.478 e. The second-order valence-corrected chi connectivity index (χ2v) is 4.24. The third kappa shape index (κ3) is 3.99. The molecule has 1 unspecified atom stereocenters. The van der Waals surface area contributed by atoms with Crippen molar-refractivity contribution in [1.29, 1.82) is 0 Å². The number of hydrogen-bond donors (Lipinski definition) is 1. The van der Waals surface area contributed by atoms with E-state index in [0.717, 1.165) is 0 Å². The third-order valence-electron chi connectivity index (χ3n) is 1.99. The largest absolute Gasteiger partial charge is 0.478 e. The molecule has 6 heteroatoms. The Kier molecular flexibility index (Phi) is 5.35. The lowest BCUT2D eigenvalue weighted by Crippen LogP contribution is -2.22. The normalized spacial score (nSPS) is 13.1. The van der Waals surface area contributed by atoms with Gasteiger partial charge in [-0.2, -0.15) is 0 Å². The lowest BCUT2D eigenvalue weighted by molar-refractivity contribution is -0.150. The van der Waals surface area contributed by atoms with Crippen molar-refractivity contribution >= 4 is 29.3 Å². The average molecular weight is 255 g/mol. The van der Waals surface area contributed by atoms with Gasteiger partial charge in [0.25, 0.3) is 0 Å². The molecule has 0 radical (unpaired) electrons. The van der Waals surface area contributed by atoms with Gasteiger partial charge in [-0.1, -0.05) is 24.6 Å². The molecule has 0 fully saturated rings. The fourth-order valence-corrected chi connectivity index (χ4v) is 1.82. The van der Waals surface area contributed by atoms with E-state index < -0.39 is 12.1 Å². The molecule has 1 aromatic heterocycles. The van der Waals surface area contributed by atoms with Crippen LogP contribution in [0.5, 0.6) is 0 Å². The summed E-state index contributed by atoms with van der Waals surface area (Å²) < 4.78 is 0. The first-order valence-electron chi connectivity index (χ1n) is 5.14. The van der Waals surface area contributed by atoms with Gasteiger partial charge in [-0.05, 0) is 17.9 Å². The van der Waals surface area contributed by atoms with E-state index in [9.17, 15) is 9.59 Å². The summed E-state index contributed by atoms with van der Waals surface area (Å²) >= 11 is 1.34. The number of carboxylic acid groups (broad SMARTS) is 1. The van der Waals surface area contributed by atoms with Gasteiger partial charge in [0, 0.05) is 0 Å². The molecule has 0 spiro atoms. The second-order valence-electron chi connectivity index (χ2n) is 3.29. The number of carboxylic acids is 1. The van der Waals surface area contributed by atoms with E-state index in [1.807, 2.05) is 6.92 Å². The summed E-state index contributed by atoms with van der Waals surface area (Å²) in [5, 5.41) is 14.2. The van der Waals surface area contributed by atoms with Gasteiger partial charge in [-0.3, -0.25) is 4.79 Å². The van der Waals surface area contributed by atoms with Gasteiger partial charge in [0.05, 0.1) is 4.88 Å². The second kappa shape index (κ2) is 6.80. The van der Waals surface area contributed by atoms with Crippen LogP contribution in [-0.4, -0.2) is 29.2 Å². The Hall–Kier alpha value is -1.69. The SMILES string of the molecule is CCCC(O/N=C(/C=O)c1cccs1)C(=O)O. The van der Waals surface area contributed by atoms with Gasteiger partial charge in [0.15, 0.2) is 12.0 Å². The molecule has 1 heterocycles. The number of aliphatic carboxylic acids is 1. The molecule has 5 nitrogen and oxygen atoms in total. The molecule has 17 heavy (non-hydrogen) atoms. The number of aldehydes is 1. The molecular formula is C11H13NO4S. The molecule has 92 valence electrons. The Morgan fingerprint density at radius 1 is 1.71 bits per heavy atom. The summed E-state index contributed by atoms with van der Waals surface area (Å²) in [4.78, 5) is 27.1. The molecule has 0 saturated carbocycles. The first kappa shape index (κ1) is 13.4. The van der Waals surface area contributed by atoms with Crippen molar-refractivity contribution in [3.63, 3.8) is 0 Å². The minimum absolute atomic E-state index is 0.113. The maximum Gasteiger partial charge on any atom is 0.347 e. The zero-order valence-electron chi connectivity index (χ0n) is 9.33. The van der Waals surface area contributed by atoms with Crippen molar-refractivity contribution in [3.05, 3.63) is 22.4 Å². The van der Waals surface area contributed by atoms with Crippen molar-refractivity contribution in [1.82, 2.24) is 0 Å². The van der Waals surface area contributed by atoms with Crippen LogP contribution in [0.25, 0.3) is 0 Å². The molecule has 1 aromatic rings. The van der Waals surface area contributed by atoms with Gasteiger partial charge in [0.1, 0.15) is 0 Å². The number of rotatable bonds is 7. The number of carbonyl (C=O) groups excluding carboxylic acids is 1. The number of nitrogens with zero attached hydrogens (tertiary/aromatic N) is 1. The van der Waals surface area contributed by atoms with E-state index in [2.05, 4.69) is 5.16 Å². The first-order valence-corrected chi connectivity index (χ1v) is 6.02. The highest BCUT2D eigenvalue weighted by Crippen LogP contribution is 2.10. The molecule has 0 aromatic carbocycles. The van der Waals surface area contributed by atoms with Gasteiger partial charge in [-0.25, -0.2) is 4.79 Å².